The number of aromatic nitrogens is 2. The lowest BCUT2D eigenvalue weighted by Gasteiger charge is -2.24. The molecule has 1 N–H and O–H groups in total. The lowest BCUT2D eigenvalue weighted by Crippen LogP contribution is -2.40. The quantitative estimate of drug-likeness (QED) is 0.337. The number of hydrogen-bond acceptors (Lipinski definition) is 5. The van der Waals surface area contributed by atoms with Crippen LogP contribution in [0.5, 0.6) is 0 Å². The standard InChI is InChI=1S/C29H31ClN4O4/c1-18-12-24(27(35)31-23-10-11-33(17-23)28(36)38-29(2,3)4)32-34(18)16-21-14-22(30)13-20-15-25(37-26(20)21)19-8-6-5-7-9-19/h5-9,12-15,23H,10-11,16-17H2,1-4H3,(H,31,35). The number of aryl methyl sites for hydroxylation is 1. The second kappa shape index (κ2) is 10.2. The second-order valence-corrected chi connectivity index (χ2v) is 11.1. The van der Waals surface area contributed by atoms with E-state index >= 15 is 0 Å². The highest BCUT2D eigenvalue weighted by molar-refractivity contribution is 6.31. The van der Waals surface area contributed by atoms with Crippen LogP contribution >= 0.6 is 11.6 Å². The molecule has 2 aromatic heterocycles. The summed E-state index contributed by atoms with van der Waals surface area (Å²) in [5.41, 5.74) is 3.19. The Morgan fingerprint density at radius 2 is 1.92 bits per heavy atom. The molecule has 1 aliphatic rings. The smallest absolute Gasteiger partial charge is 0.410 e. The summed E-state index contributed by atoms with van der Waals surface area (Å²) in [4.78, 5) is 27.0. The van der Waals surface area contributed by atoms with Crippen LogP contribution in [0.1, 0.15) is 48.9 Å². The van der Waals surface area contributed by atoms with Gasteiger partial charge in [-0.2, -0.15) is 5.10 Å². The minimum Gasteiger partial charge on any atom is -0.456 e. The molecule has 1 fully saturated rings. The summed E-state index contributed by atoms with van der Waals surface area (Å²) >= 11 is 6.43. The van der Waals surface area contributed by atoms with Crippen molar-refractivity contribution in [3.8, 4) is 11.3 Å². The fourth-order valence-electron chi connectivity index (χ4n) is 4.62. The zero-order valence-corrected chi connectivity index (χ0v) is 22.7. The summed E-state index contributed by atoms with van der Waals surface area (Å²) in [5.74, 6) is 0.488. The van der Waals surface area contributed by atoms with Crippen LogP contribution in [0, 0.1) is 6.92 Å². The van der Waals surface area contributed by atoms with Crippen LogP contribution in [0.3, 0.4) is 0 Å². The summed E-state index contributed by atoms with van der Waals surface area (Å²) in [6.45, 7) is 8.75. The van der Waals surface area contributed by atoms with E-state index in [2.05, 4.69) is 10.4 Å². The molecule has 4 aromatic rings. The first-order valence-electron chi connectivity index (χ1n) is 12.7. The zero-order valence-electron chi connectivity index (χ0n) is 22.0. The fraction of sp³-hybridized carbons (Fsp3) is 0.345. The largest absolute Gasteiger partial charge is 0.456 e. The summed E-state index contributed by atoms with van der Waals surface area (Å²) in [6, 6.07) is 17.2. The van der Waals surface area contributed by atoms with Crippen LogP contribution in [0.15, 0.2) is 59.0 Å². The van der Waals surface area contributed by atoms with Crippen molar-refractivity contribution in [1.29, 1.82) is 0 Å². The van der Waals surface area contributed by atoms with Gasteiger partial charge < -0.3 is 19.4 Å². The Labute approximate surface area is 226 Å². The molecule has 9 heteroatoms. The lowest BCUT2D eigenvalue weighted by atomic mass is 10.1. The number of ether oxygens (including phenoxy) is 1. The van der Waals surface area contributed by atoms with E-state index in [1.165, 1.54) is 0 Å². The number of amides is 2. The Hall–Kier alpha value is -3.78. The number of rotatable bonds is 5. The zero-order chi connectivity index (χ0) is 27.0. The first kappa shape index (κ1) is 25.9. The van der Waals surface area contributed by atoms with Crippen molar-refractivity contribution in [1.82, 2.24) is 20.0 Å². The molecule has 0 aliphatic carbocycles. The van der Waals surface area contributed by atoms with Gasteiger partial charge >= 0.3 is 6.09 Å². The van der Waals surface area contributed by atoms with E-state index in [0.29, 0.717) is 36.8 Å². The SMILES string of the molecule is Cc1cc(C(=O)NC2CCN(C(=O)OC(C)(C)C)C2)nn1Cc1cc(Cl)cc2cc(-c3ccccc3)oc12. The molecule has 8 nitrogen and oxygen atoms in total. The third kappa shape index (κ3) is 5.70. The Kier molecular flexibility index (Phi) is 6.92. The van der Waals surface area contributed by atoms with Crippen molar-refractivity contribution in [3.05, 3.63) is 76.6 Å². The van der Waals surface area contributed by atoms with Crippen LogP contribution in [0.4, 0.5) is 4.79 Å². The van der Waals surface area contributed by atoms with Gasteiger partial charge in [0.2, 0.25) is 0 Å². The molecule has 0 radical (unpaired) electrons. The van der Waals surface area contributed by atoms with Gasteiger partial charge in [-0.05, 0) is 58.4 Å². The number of nitrogens with one attached hydrogen (secondary N) is 1. The van der Waals surface area contributed by atoms with Gasteiger partial charge in [-0.25, -0.2) is 4.79 Å². The van der Waals surface area contributed by atoms with Crippen LogP contribution in [0.2, 0.25) is 5.02 Å². The normalized spacial score (nSPS) is 15.7. The van der Waals surface area contributed by atoms with E-state index in [-0.39, 0.29) is 18.0 Å². The van der Waals surface area contributed by atoms with Crippen molar-refractivity contribution >= 4 is 34.6 Å². The molecule has 198 valence electrons. The molecule has 1 saturated heterocycles. The van der Waals surface area contributed by atoms with E-state index in [0.717, 1.165) is 33.6 Å². The highest BCUT2D eigenvalue weighted by Crippen LogP contribution is 2.32. The molecular formula is C29H31ClN4O4. The highest BCUT2D eigenvalue weighted by Gasteiger charge is 2.31. The first-order chi connectivity index (χ1) is 18.1. The number of hydrogen-bond donors (Lipinski definition) is 1. The van der Waals surface area contributed by atoms with Crippen LogP contribution in [-0.2, 0) is 11.3 Å². The minimum absolute atomic E-state index is 0.160. The molecule has 3 heterocycles. The van der Waals surface area contributed by atoms with Gasteiger partial charge in [-0.15, -0.1) is 0 Å². The Bertz CT molecular complexity index is 1490. The first-order valence-corrected chi connectivity index (χ1v) is 13.0. The topological polar surface area (TPSA) is 89.6 Å². The van der Waals surface area contributed by atoms with E-state index in [1.54, 1.807) is 15.6 Å². The second-order valence-electron chi connectivity index (χ2n) is 10.7. The number of carbonyl (C=O) groups excluding carboxylic acids is 2. The number of fused-ring (bicyclic) bond motifs is 1. The van der Waals surface area contributed by atoms with E-state index in [1.807, 2.05) is 76.2 Å². The average Bonchev–Trinajstić information content (AvgIpc) is 3.58. The van der Waals surface area contributed by atoms with Crippen molar-refractivity contribution in [2.45, 2.75) is 52.3 Å². The molecule has 0 spiro atoms. The maximum atomic E-state index is 13.0. The maximum Gasteiger partial charge on any atom is 0.410 e. The fourth-order valence-corrected chi connectivity index (χ4v) is 4.87. The Balaban J connectivity index is 1.30. The van der Waals surface area contributed by atoms with Gasteiger partial charge in [0.25, 0.3) is 5.91 Å². The monoisotopic (exact) mass is 534 g/mol. The third-order valence-electron chi connectivity index (χ3n) is 6.43. The van der Waals surface area contributed by atoms with Gasteiger partial charge in [0.1, 0.15) is 22.6 Å². The summed E-state index contributed by atoms with van der Waals surface area (Å²) in [7, 11) is 0. The molecule has 5 rings (SSSR count). The minimum atomic E-state index is -0.559. The molecule has 38 heavy (non-hydrogen) atoms. The van der Waals surface area contributed by atoms with Crippen LogP contribution in [-0.4, -0.2) is 51.4 Å². The molecule has 1 unspecified atom stereocenters. The molecule has 0 bridgehead atoms. The van der Waals surface area contributed by atoms with Gasteiger partial charge in [0.15, 0.2) is 0 Å². The third-order valence-corrected chi connectivity index (χ3v) is 6.64. The number of likely N-dealkylation sites (tertiary alicyclic amines) is 1. The highest BCUT2D eigenvalue weighted by atomic mass is 35.5. The molecular weight excluding hydrogens is 504 g/mol. The number of benzene rings is 2. The summed E-state index contributed by atoms with van der Waals surface area (Å²) in [6.07, 6.45) is 0.295. The van der Waals surface area contributed by atoms with E-state index < -0.39 is 5.60 Å². The number of carbonyl (C=O) groups is 2. The molecule has 2 amide bonds. The van der Waals surface area contributed by atoms with Crippen molar-refractivity contribution in [2.24, 2.45) is 0 Å². The summed E-state index contributed by atoms with van der Waals surface area (Å²) < 4.78 is 13.4. The summed E-state index contributed by atoms with van der Waals surface area (Å²) in [5, 5.41) is 9.08. The van der Waals surface area contributed by atoms with Gasteiger partial charge in [0.05, 0.1) is 6.54 Å². The number of nitrogens with zero attached hydrogens (tertiary/aromatic N) is 3. The molecule has 0 saturated carbocycles. The average molecular weight is 535 g/mol. The lowest BCUT2D eigenvalue weighted by molar-refractivity contribution is 0.0290. The van der Waals surface area contributed by atoms with Gasteiger partial charge in [0, 0.05) is 46.4 Å². The maximum absolute atomic E-state index is 13.0. The molecule has 2 aromatic carbocycles. The van der Waals surface area contributed by atoms with Gasteiger partial charge in [-0.3, -0.25) is 9.48 Å². The predicted molar refractivity (Wildman–Crippen MR) is 146 cm³/mol. The molecule has 1 aliphatic heterocycles. The van der Waals surface area contributed by atoms with Crippen LogP contribution < -0.4 is 5.32 Å². The number of furan rings is 1. The van der Waals surface area contributed by atoms with E-state index in [4.69, 9.17) is 20.8 Å². The van der Waals surface area contributed by atoms with Crippen molar-refractivity contribution < 1.29 is 18.7 Å². The van der Waals surface area contributed by atoms with Crippen molar-refractivity contribution in [2.75, 3.05) is 13.1 Å². The van der Waals surface area contributed by atoms with Crippen molar-refractivity contribution in [3.63, 3.8) is 0 Å². The Morgan fingerprint density at radius 3 is 2.66 bits per heavy atom. The Morgan fingerprint density at radius 1 is 1.16 bits per heavy atom. The molecule has 1 atom stereocenters. The van der Waals surface area contributed by atoms with E-state index in [9.17, 15) is 9.59 Å². The van der Waals surface area contributed by atoms with Crippen LogP contribution in [0.25, 0.3) is 22.3 Å². The van der Waals surface area contributed by atoms with Gasteiger partial charge in [-0.1, -0.05) is 41.9 Å². The predicted octanol–water partition coefficient (Wildman–Crippen LogP) is 6.05. The number of halogens is 1.